The van der Waals surface area contributed by atoms with Crippen LogP contribution in [0, 0.1) is 5.92 Å². The van der Waals surface area contributed by atoms with Gasteiger partial charge in [-0.05, 0) is 25.2 Å². The van der Waals surface area contributed by atoms with Gasteiger partial charge in [-0.2, -0.15) is 0 Å². The van der Waals surface area contributed by atoms with Gasteiger partial charge in [0, 0.05) is 25.7 Å². The molecule has 0 aromatic rings. The quantitative estimate of drug-likeness (QED) is 0.743. The van der Waals surface area contributed by atoms with Crippen molar-refractivity contribution in [3.8, 4) is 0 Å². The molecule has 1 atom stereocenters. The third-order valence-corrected chi connectivity index (χ3v) is 3.85. The first kappa shape index (κ1) is 12.3. The van der Waals surface area contributed by atoms with Crippen LogP contribution in [0.5, 0.6) is 0 Å². The Balaban J connectivity index is 1.87. The van der Waals surface area contributed by atoms with Gasteiger partial charge in [-0.1, -0.05) is 25.1 Å². The molecule has 0 radical (unpaired) electrons. The van der Waals surface area contributed by atoms with Gasteiger partial charge in [0.2, 0.25) is 0 Å². The summed E-state index contributed by atoms with van der Waals surface area (Å²) in [5.74, 6) is 0.690. The van der Waals surface area contributed by atoms with E-state index in [1.54, 1.807) is 0 Å². The Labute approximate surface area is 103 Å². The van der Waals surface area contributed by atoms with Crippen molar-refractivity contribution < 1.29 is 4.74 Å². The minimum atomic E-state index is 0.630. The van der Waals surface area contributed by atoms with Crippen molar-refractivity contribution in [2.75, 3.05) is 26.3 Å². The van der Waals surface area contributed by atoms with Crippen LogP contribution in [0.4, 0.5) is 0 Å². The lowest BCUT2D eigenvalue weighted by Gasteiger charge is -2.30. The molecule has 2 aliphatic rings. The van der Waals surface area contributed by atoms with Crippen LogP contribution in [0.3, 0.4) is 0 Å². The van der Waals surface area contributed by atoms with Crippen molar-refractivity contribution in [1.29, 1.82) is 0 Å². The molecule has 1 aliphatic carbocycles. The van der Waals surface area contributed by atoms with Crippen molar-refractivity contribution in [3.63, 3.8) is 0 Å². The minimum absolute atomic E-state index is 0.630. The van der Waals surface area contributed by atoms with Crippen molar-refractivity contribution >= 4 is 17.2 Å². The van der Waals surface area contributed by atoms with Gasteiger partial charge >= 0.3 is 0 Å². The van der Waals surface area contributed by atoms with Gasteiger partial charge in [-0.3, -0.25) is 4.90 Å². The van der Waals surface area contributed by atoms with Crippen molar-refractivity contribution in [3.05, 3.63) is 0 Å². The van der Waals surface area contributed by atoms with Gasteiger partial charge < -0.3 is 10.5 Å². The second kappa shape index (κ2) is 5.94. The monoisotopic (exact) mass is 242 g/mol. The molecule has 1 saturated carbocycles. The standard InChI is InChI=1S/C12H22N2OS/c13-12(16)8-14(11-3-1-2-4-11)7-10-5-6-15-9-10/h10-11H,1-9H2,(H2,13,16). The summed E-state index contributed by atoms with van der Waals surface area (Å²) in [4.78, 5) is 3.13. The molecule has 1 aliphatic heterocycles. The van der Waals surface area contributed by atoms with Crippen LogP contribution in [0.2, 0.25) is 0 Å². The molecule has 16 heavy (non-hydrogen) atoms. The number of hydrogen-bond donors (Lipinski definition) is 1. The van der Waals surface area contributed by atoms with Gasteiger partial charge in [0.25, 0.3) is 0 Å². The van der Waals surface area contributed by atoms with E-state index in [-0.39, 0.29) is 0 Å². The smallest absolute Gasteiger partial charge is 0.0870 e. The molecular formula is C12H22N2OS. The summed E-state index contributed by atoms with van der Waals surface area (Å²) in [6.45, 7) is 3.75. The van der Waals surface area contributed by atoms with Crippen LogP contribution in [-0.4, -0.2) is 42.2 Å². The molecule has 92 valence electrons. The zero-order chi connectivity index (χ0) is 11.4. The predicted octanol–water partition coefficient (Wildman–Crippen LogP) is 1.55. The van der Waals surface area contributed by atoms with Crippen LogP contribution in [-0.2, 0) is 4.74 Å². The largest absolute Gasteiger partial charge is 0.392 e. The lowest BCUT2D eigenvalue weighted by molar-refractivity contribution is 0.155. The number of nitrogens with two attached hydrogens (primary N) is 1. The van der Waals surface area contributed by atoms with Crippen molar-refractivity contribution in [2.24, 2.45) is 11.7 Å². The second-order valence-electron chi connectivity index (χ2n) is 5.06. The van der Waals surface area contributed by atoms with E-state index in [2.05, 4.69) is 4.90 Å². The van der Waals surface area contributed by atoms with Crippen LogP contribution in [0.25, 0.3) is 0 Å². The lowest BCUT2D eigenvalue weighted by atomic mass is 10.1. The summed E-state index contributed by atoms with van der Waals surface area (Å²) in [6, 6.07) is 0.710. The highest BCUT2D eigenvalue weighted by atomic mass is 32.1. The summed E-state index contributed by atoms with van der Waals surface area (Å²) in [5, 5.41) is 0. The van der Waals surface area contributed by atoms with Crippen molar-refractivity contribution in [2.45, 2.75) is 38.1 Å². The molecule has 0 spiro atoms. The predicted molar refractivity (Wildman–Crippen MR) is 69.5 cm³/mol. The highest BCUT2D eigenvalue weighted by Gasteiger charge is 2.26. The molecule has 4 heteroatoms. The first-order chi connectivity index (χ1) is 7.75. The van der Waals surface area contributed by atoms with E-state index in [0.717, 1.165) is 26.3 Å². The number of thiocarbonyl (C=S) groups is 1. The fourth-order valence-electron chi connectivity index (χ4n) is 2.87. The highest BCUT2D eigenvalue weighted by molar-refractivity contribution is 7.80. The van der Waals surface area contributed by atoms with E-state index in [4.69, 9.17) is 22.7 Å². The SMILES string of the molecule is NC(=S)CN(CC1CCOC1)C1CCCC1. The minimum Gasteiger partial charge on any atom is -0.392 e. The molecule has 2 fully saturated rings. The van der Waals surface area contributed by atoms with Crippen LogP contribution in [0.15, 0.2) is 0 Å². The second-order valence-corrected chi connectivity index (χ2v) is 5.59. The lowest BCUT2D eigenvalue weighted by Crippen LogP contribution is -2.42. The number of ether oxygens (including phenoxy) is 1. The summed E-state index contributed by atoms with van der Waals surface area (Å²) < 4.78 is 5.43. The molecule has 2 N–H and O–H groups in total. The van der Waals surface area contributed by atoms with Gasteiger partial charge in [-0.25, -0.2) is 0 Å². The average molecular weight is 242 g/mol. The Bertz CT molecular complexity index is 235. The maximum Gasteiger partial charge on any atom is 0.0870 e. The third kappa shape index (κ3) is 3.40. The highest BCUT2D eigenvalue weighted by Crippen LogP contribution is 2.25. The Morgan fingerprint density at radius 2 is 2.06 bits per heavy atom. The molecule has 0 amide bonds. The number of hydrogen-bond acceptors (Lipinski definition) is 3. The van der Waals surface area contributed by atoms with E-state index in [9.17, 15) is 0 Å². The summed E-state index contributed by atoms with van der Waals surface area (Å²) in [5.41, 5.74) is 5.69. The summed E-state index contributed by atoms with van der Waals surface area (Å²) >= 11 is 5.05. The summed E-state index contributed by atoms with van der Waals surface area (Å²) in [7, 11) is 0. The average Bonchev–Trinajstić information content (AvgIpc) is 2.88. The zero-order valence-corrected chi connectivity index (χ0v) is 10.7. The molecule has 3 nitrogen and oxygen atoms in total. The molecule has 2 rings (SSSR count). The van der Waals surface area contributed by atoms with E-state index in [0.29, 0.717) is 16.9 Å². The topological polar surface area (TPSA) is 38.5 Å². The molecule has 0 bridgehead atoms. The molecule has 1 unspecified atom stereocenters. The van der Waals surface area contributed by atoms with Gasteiger partial charge in [-0.15, -0.1) is 0 Å². The van der Waals surface area contributed by atoms with E-state index < -0.39 is 0 Å². The molecule has 0 aromatic carbocycles. The molecule has 0 aromatic heterocycles. The maximum atomic E-state index is 5.69. The third-order valence-electron chi connectivity index (χ3n) is 3.72. The zero-order valence-electron chi connectivity index (χ0n) is 9.86. The van der Waals surface area contributed by atoms with E-state index in [1.165, 1.54) is 32.1 Å². The molecule has 1 saturated heterocycles. The Morgan fingerprint density at radius 3 is 2.62 bits per heavy atom. The maximum absolute atomic E-state index is 5.69. The molecule has 1 heterocycles. The Hall–Kier alpha value is -0.190. The van der Waals surface area contributed by atoms with E-state index >= 15 is 0 Å². The van der Waals surface area contributed by atoms with Crippen LogP contribution >= 0.6 is 12.2 Å². The fourth-order valence-corrected chi connectivity index (χ4v) is 3.04. The van der Waals surface area contributed by atoms with E-state index in [1.807, 2.05) is 0 Å². The number of nitrogens with zero attached hydrogens (tertiary/aromatic N) is 1. The Morgan fingerprint density at radius 1 is 1.31 bits per heavy atom. The summed E-state index contributed by atoms with van der Waals surface area (Å²) in [6.07, 6.45) is 6.55. The van der Waals surface area contributed by atoms with Crippen LogP contribution in [0.1, 0.15) is 32.1 Å². The van der Waals surface area contributed by atoms with Crippen LogP contribution < -0.4 is 5.73 Å². The normalized spacial score (nSPS) is 26.7. The Kier molecular flexibility index (Phi) is 4.55. The van der Waals surface area contributed by atoms with Gasteiger partial charge in [0.1, 0.15) is 0 Å². The first-order valence-corrected chi connectivity index (χ1v) is 6.76. The van der Waals surface area contributed by atoms with Crippen molar-refractivity contribution in [1.82, 2.24) is 4.90 Å². The fraction of sp³-hybridized carbons (Fsp3) is 0.917. The first-order valence-electron chi connectivity index (χ1n) is 6.36. The number of rotatable bonds is 5. The molecular weight excluding hydrogens is 220 g/mol. The van der Waals surface area contributed by atoms with Gasteiger partial charge in [0.05, 0.1) is 11.6 Å². The van der Waals surface area contributed by atoms with Gasteiger partial charge in [0.15, 0.2) is 0 Å².